The Bertz CT molecular complexity index is 1050. The van der Waals surface area contributed by atoms with Crippen molar-refractivity contribution in [1.29, 1.82) is 0 Å². The molecule has 0 spiro atoms. The molecule has 1 atom stereocenters. The number of aliphatic carboxylic acids is 1. The molecule has 0 aliphatic carbocycles. The van der Waals surface area contributed by atoms with Crippen LogP contribution in [-0.2, 0) is 19.6 Å². The van der Waals surface area contributed by atoms with Gasteiger partial charge in [0.1, 0.15) is 5.75 Å². The van der Waals surface area contributed by atoms with Gasteiger partial charge < -0.3 is 30.9 Å². The van der Waals surface area contributed by atoms with E-state index in [1.165, 1.54) is 24.3 Å². The summed E-state index contributed by atoms with van der Waals surface area (Å²) >= 11 is 0. The summed E-state index contributed by atoms with van der Waals surface area (Å²) in [5.74, 6) is -1.65. The Kier molecular flexibility index (Phi) is 11.9. The van der Waals surface area contributed by atoms with E-state index in [9.17, 15) is 23.1 Å². The molecule has 0 heterocycles. The number of carboxylic acid groups (broad SMARTS) is 1. The Morgan fingerprint density at radius 2 is 1.76 bits per heavy atom. The first-order chi connectivity index (χ1) is 15.2. The molecule has 0 bridgehead atoms. The average molecular weight is 486 g/mol. The predicted molar refractivity (Wildman–Crippen MR) is 112 cm³/mol. The number of nitrogens with zero attached hydrogens (tertiary/aromatic N) is 1. The largest absolute Gasteiger partial charge is 1.00 e. The zero-order chi connectivity index (χ0) is 23.6. The molecule has 0 saturated carbocycles. The quantitative estimate of drug-likeness (QED) is 0.0587. The number of carbonyl (C=O) groups is 2. The first-order valence-corrected chi connectivity index (χ1v) is 11.0. The van der Waals surface area contributed by atoms with Crippen molar-refractivity contribution in [2.24, 2.45) is 10.9 Å². The maximum absolute atomic E-state index is 12.3. The maximum atomic E-state index is 12.3. The smallest absolute Gasteiger partial charge is 0.548 e. The summed E-state index contributed by atoms with van der Waals surface area (Å²) in [6, 6.07) is 12.1. The Labute approximate surface area is 213 Å². The van der Waals surface area contributed by atoms with Gasteiger partial charge in [-0.05, 0) is 42.8 Å². The Hall–Kier alpha value is -2.64. The monoisotopic (exact) mass is 486 g/mol. The van der Waals surface area contributed by atoms with Gasteiger partial charge in [-0.25, -0.2) is 13.1 Å². The van der Waals surface area contributed by atoms with Crippen molar-refractivity contribution in [3.8, 4) is 5.75 Å². The van der Waals surface area contributed by atoms with Gasteiger partial charge in [-0.15, -0.1) is 0 Å². The van der Waals surface area contributed by atoms with Gasteiger partial charge in [-0.3, -0.25) is 4.79 Å². The second-order valence-corrected chi connectivity index (χ2v) is 8.29. The number of benzene rings is 2. The third-order valence-electron chi connectivity index (χ3n) is 4.21. The fraction of sp³-hybridized carbons (Fsp3) is 0.250. The summed E-state index contributed by atoms with van der Waals surface area (Å²) < 4.78 is 32.0. The third kappa shape index (κ3) is 9.40. The van der Waals surface area contributed by atoms with Gasteiger partial charge in [-0.2, -0.15) is 0 Å². The number of nitrogens with two attached hydrogens (primary N) is 1. The molecule has 0 aromatic heterocycles. The first kappa shape index (κ1) is 28.4. The Morgan fingerprint density at radius 1 is 1.12 bits per heavy atom. The van der Waals surface area contributed by atoms with E-state index >= 15 is 0 Å². The first-order valence-electron chi connectivity index (χ1n) is 9.48. The van der Waals surface area contributed by atoms with Crippen molar-refractivity contribution >= 4 is 27.7 Å². The molecule has 13 heteroatoms. The molecule has 0 saturated heterocycles. The van der Waals surface area contributed by atoms with Gasteiger partial charge in [-0.1, -0.05) is 23.4 Å². The van der Waals surface area contributed by atoms with E-state index < -0.39 is 34.5 Å². The molecule has 2 aromatic rings. The molecule has 1 amide bonds. The molecular weight excluding hydrogens is 463 g/mol. The molecule has 0 aliphatic rings. The van der Waals surface area contributed by atoms with Crippen LogP contribution in [0.3, 0.4) is 0 Å². The summed E-state index contributed by atoms with van der Waals surface area (Å²) in [6.07, 6.45) is 0.368. The SMILES string of the molecule is NC(=NO)c1ccc(OCCCC(=O)NC[C@H](NS(=O)(=O)c2ccccc2)C(=O)[O-])cc1.[Na+]. The van der Waals surface area contributed by atoms with Crippen molar-refractivity contribution in [1.82, 2.24) is 10.0 Å². The number of amides is 1. The standard InChI is InChI=1S/C20H24N4O7S.Na/c21-19(23-28)14-8-10-15(11-9-14)31-12-4-7-18(25)22-13-17(20(26)27)24-32(29,30)16-5-2-1-3-6-16;/h1-3,5-6,8-11,17,24,28H,4,7,12-13H2,(H2,21,23)(H,22,25)(H,26,27);/q;+1/p-1/t17-;/m0./s1. The van der Waals surface area contributed by atoms with Crippen LogP contribution in [0.1, 0.15) is 18.4 Å². The van der Waals surface area contributed by atoms with Gasteiger partial charge in [0.15, 0.2) is 5.84 Å². The summed E-state index contributed by atoms with van der Waals surface area (Å²) in [6.45, 7) is -0.260. The Morgan fingerprint density at radius 3 is 2.33 bits per heavy atom. The third-order valence-corrected chi connectivity index (χ3v) is 5.70. The number of hydrogen-bond donors (Lipinski definition) is 4. The number of carboxylic acids is 1. The molecule has 2 aromatic carbocycles. The van der Waals surface area contributed by atoms with Crippen LogP contribution < -0.4 is 55.2 Å². The van der Waals surface area contributed by atoms with Crippen LogP contribution in [0.25, 0.3) is 0 Å². The summed E-state index contributed by atoms with van der Waals surface area (Å²) in [7, 11) is -4.09. The zero-order valence-electron chi connectivity index (χ0n) is 17.9. The molecule has 0 aliphatic heterocycles. The van der Waals surface area contributed by atoms with Crippen LogP contribution >= 0.6 is 0 Å². The van der Waals surface area contributed by atoms with E-state index in [0.29, 0.717) is 17.7 Å². The zero-order valence-corrected chi connectivity index (χ0v) is 20.7. The molecule has 0 fully saturated rings. The normalized spacial score (nSPS) is 12.3. The fourth-order valence-electron chi connectivity index (χ4n) is 2.53. The van der Waals surface area contributed by atoms with Crippen LogP contribution in [0, 0.1) is 0 Å². The molecule has 172 valence electrons. The van der Waals surface area contributed by atoms with Gasteiger partial charge >= 0.3 is 29.6 Å². The molecule has 2 rings (SSSR count). The van der Waals surface area contributed by atoms with E-state index in [4.69, 9.17) is 15.7 Å². The van der Waals surface area contributed by atoms with E-state index in [2.05, 4.69) is 10.5 Å². The van der Waals surface area contributed by atoms with Crippen molar-refractivity contribution < 1.29 is 62.6 Å². The maximum Gasteiger partial charge on any atom is 1.00 e. The average Bonchev–Trinajstić information content (AvgIpc) is 2.79. The second-order valence-electron chi connectivity index (χ2n) is 6.57. The summed E-state index contributed by atoms with van der Waals surface area (Å²) in [4.78, 5) is 23.1. The summed E-state index contributed by atoms with van der Waals surface area (Å²) in [5.41, 5.74) is 5.99. The number of hydrogen-bond acceptors (Lipinski definition) is 8. The number of sulfonamides is 1. The van der Waals surface area contributed by atoms with E-state index in [0.717, 1.165) is 0 Å². The van der Waals surface area contributed by atoms with Crippen molar-refractivity contribution in [3.63, 3.8) is 0 Å². The Balaban J connectivity index is 0.00000544. The number of carbonyl (C=O) groups excluding carboxylic acids is 2. The van der Waals surface area contributed by atoms with Crippen LogP contribution in [-0.4, -0.2) is 50.5 Å². The van der Waals surface area contributed by atoms with Gasteiger partial charge in [0, 0.05) is 18.5 Å². The molecule has 0 unspecified atom stereocenters. The number of amidine groups is 1. The number of oxime groups is 1. The molecule has 0 radical (unpaired) electrons. The fourth-order valence-corrected chi connectivity index (χ4v) is 3.74. The van der Waals surface area contributed by atoms with Gasteiger partial charge in [0.05, 0.1) is 23.5 Å². The van der Waals surface area contributed by atoms with Crippen molar-refractivity contribution in [3.05, 3.63) is 60.2 Å². The van der Waals surface area contributed by atoms with E-state index in [1.54, 1.807) is 30.3 Å². The number of nitrogens with one attached hydrogen (secondary N) is 2. The van der Waals surface area contributed by atoms with Crippen LogP contribution in [0.15, 0.2) is 64.6 Å². The van der Waals surface area contributed by atoms with Crippen LogP contribution in [0.5, 0.6) is 5.75 Å². The molecule has 33 heavy (non-hydrogen) atoms. The number of rotatable bonds is 12. The molecule has 11 nitrogen and oxygen atoms in total. The minimum absolute atomic E-state index is 0. The van der Waals surface area contributed by atoms with Crippen molar-refractivity contribution in [2.75, 3.05) is 13.2 Å². The van der Waals surface area contributed by atoms with Crippen LogP contribution in [0.2, 0.25) is 0 Å². The topological polar surface area (TPSA) is 183 Å². The predicted octanol–water partition coefficient (Wildman–Crippen LogP) is -3.84. The molecular formula is C20H23N4NaO7S. The minimum Gasteiger partial charge on any atom is -0.548 e. The van der Waals surface area contributed by atoms with Gasteiger partial charge in [0.2, 0.25) is 15.9 Å². The molecule has 5 N–H and O–H groups in total. The number of ether oxygens (including phenoxy) is 1. The summed E-state index contributed by atoms with van der Waals surface area (Å²) in [5, 5.41) is 25.2. The van der Waals surface area contributed by atoms with E-state index in [-0.39, 0.29) is 53.3 Å². The van der Waals surface area contributed by atoms with Crippen LogP contribution in [0.4, 0.5) is 0 Å². The van der Waals surface area contributed by atoms with Crippen molar-refractivity contribution in [2.45, 2.75) is 23.8 Å². The van der Waals surface area contributed by atoms with Gasteiger partial charge in [0.25, 0.3) is 0 Å². The minimum atomic E-state index is -4.09. The van der Waals surface area contributed by atoms with E-state index in [1.807, 2.05) is 4.72 Å². The second kappa shape index (κ2) is 13.8.